The zero-order valence-electron chi connectivity index (χ0n) is 12.3. The van der Waals surface area contributed by atoms with Gasteiger partial charge in [-0.25, -0.2) is 9.59 Å². The van der Waals surface area contributed by atoms with E-state index in [0.29, 0.717) is 12.0 Å². The third-order valence-electron chi connectivity index (χ3n) is 3.27. The lowest BCUT2D eigenvalue weighted by Gasteiger charge is -2.20. The van der Waals surface area contributed by atoms with Crippen LogP contribution in [0.1, 0.15) is 36.2 Å². The molecule has 0 aliphatic carbocycles. The lowest BCUT2D eigenvalue weighted by atomic mass is 9.88. The minimum atomic E-state index is -0.981. The predicted octanol–water partition coefficient (Wildman–Crippen LogP) is 3.54. The van der Waals surface area contributed by atoms with Crippen molar-refractivity contribution in [1.29, 1.82) is 0 Å². The lowest BCUT2D eigenvalue weighted by Crippen LogP contribution is -2.17. The fraction of sp³-hybridized carbons (Fsp3) is 0.294. The Labute approximate surface area is 124 Å². The van der Waals surface area contributed by atoms with Gasteiger partial charge in [-0.05, 0) is 36.5 Å². The van der Waals surface area contributed by atoms with Crippen LogP contribution in [-0.4, -0.2) is 23.1 Å². The van der Waals surface area contributed by atoms with Crippen LogP contribution in [0.15, 0.2) is 43.5 Å². The van der Waals surface area contributed by atoms with Crippen molar-refractivity contribution in [3.05, 3.63) is 54.6 Å². The van der Waals surface area contributed by atoms with Gasteiger partial charge in [-0.1, -0.05) is 38.3 Å². The molecule has 21 heavy (non-hydrogen) atoms. The van der Waals surface area contributed by atoms with E-state index >= 15 is 0 Å². The number of hydrogen-bond acceptors (Lipinski definition) is 3. The Kier molecular flexibility index (Phi) is 5.91. The van der Waals surface area contributed by atoms with E-state index in [-0.39, 0.29) is 17.6 Å². The van der Waals surface area contributed by atoms with Crippen molar-refractivity contribution in [3.8, 4) is 0 Å². The summed E-state index contributed by atoms with van der Waals surface area (Å²) < 4.78 is 5.12. The summed E-state index contributed by atoms with van der Waals surface area (Å²) in [7, 11) is 0. The molecular weight excluding hydrogens is 268 g/mol. The number of allylic oxidation sites excluding steroid dienone is 1. The van der Waals surface area contributed by atoms with E-state index in [1.807, 2.05) is 6.92 Å². The molecule has 0 amide bonds. The summed E-state index contributed by atoms with van der Waals surface area (Å²) in [4.78, 5) is 22.4. The topological polar surface area (TPSA) is 63.6 Å². The second kappa shape index (κ2) is 7.43. The van der Waals surface area contributed by atoms with Gasteiger partial charge in [0.05, 0.1) is 11.7 Å². The fourth-order valence-corrected chi connectivity index (χ4v) is 2.15. The van der Waals surface area contributed by atoms with Crippen LogP contribution in [0.25, 0.3) is 5.57 Å². The average molecular weight is 288 g/mol. The number of carboxylic acids is 1. The van der Waals surface area contributed by atoms with Gasteiger partial charge < -0.3 is 9.84 Å². The molecule has 0 aromatic heterocycles. The third kappa shape index (κ3) is 4.60. The molecular formula is C17H20O4. The molecule has 0 saturated heterocycles. The zero-order valence-corrected chi connectivity index (χ0v) is 12.3. The maximum atomic E-state index is 11.2. The third-order valence-corrected chi connectivity index (χ3v) is 3.27. The molecule has 2 unspecified atom stereocenters. The Bertz CT molecular complexity index is 560. The first kappa shape index (κ1) is 16.7. The highest BCUT2D eigenvalue weighted by atomic mass is 16.5. The molecule has 2 atom stereocenters. The molecule has 1 aromatic carbocycles. The fourth-order valence-electron chi connectivity index (χ4n) is 2.15. The van der Waals surface area contributed by atoms with Crippen molar-refractivity contribution < 1.29 is 19.4 Å². The summed E-state index contributed by atoms with van der Waals surface area (Å²) in [5.41, 5.74) is 1.55. The van der Waals surface area contributed by atoms with Crippen molar-refractivity contribution in [2.45, 2.75) is 26.4 Å². The molecule has 1 N–H and O–H groups in total. The Morgan fingerprint density at radius 2 is 1.86 bits per heavy atom. The van der Waals surface area contributed by atoms with Gasteiger partial charge in [0.1, 0.15) is 0 Å². The van der Waals surface area contributed by atoms with Gasteiger partial charge in [-0.15, -0.1) is 0 Å². The molecule has 4 nitrogen and oxygen atoms in total. The molecule has 0 heterocycles. The molecule has 0 radical (unpaired) electrons. The minimum absolute atomic E-state index is 0.0156. The van der Waals surface area contributed by atoms with Crippen molar-refractivity contribution in [3.63, 3.8) is 0 Å². The van der Waals surface area contributed by atoms with Crippen LogP contribution in [0.5, 0.6) is 0 Å². The zero-order chi connectivity index (χ0) is 16.0. The lowest BCUT2D eigenvalue weighted by molar-refractivity contribution is -0.142. The molecule has 1 rings (SSSR count). The number of aromatic carboxylic acids is 1. The molecule has 0 fully saturated rings. The normalized spacial score (nSPS) is 13.0. The van der Waals surface area contributed by atoms with Crippen LogP contribution >= 0.6 is 0 Å². The monoisotopic (exact) mass is 288 g/mol. The summed E-state index contributed by atoms with van der Waals surface area (Å²) in [5.74, 6) is -1.46. The van der Waals surface area contributed by atoms with Crippen LogP contribution < -0.4 is 0 Å². The van der Waals surface area contributed by atoms with Gasteiger partial charge in [0.15, 0.2) is 0 Å². The predicted molar refractivity (Wildman–Crippen MR) is 82.0 cm³/mol. The first-order valence-corrected chi connectivity index (χ1v) is 6.71. The van der Waals surface area contributed by atoms with Crippen LogP contribution in [0.3, 0.4) is 0 Å². The van der Waals surface area contributed by atoms with E-state index in [2.05, 4.69) is 13.2 Å². The summed E-state index contributed by atoms with van der Waals surface area (Å²) in [6.07, 6.45) is 1.39. The molecule has 4 heteroatoms. The van der Waals surface area contributed by atoms with Gasteiger partial charge in [0, 0.05) is 6.08 Å². The van der Waals surface area contributed by atoms with Crippen molar-refractivity contribution in [1.82, 2.24) is 0 Å². The Morgan fingerprint density at radius 3 is 2.38 bits per heavy atom. The SMILES string of the molecule is C=CC(=O)OC(C)CC(C)C(=C)c1ccccc1C(=O)O. The number of benzene rings is 1. The maximum Gasteiger partial charge on any atom is 0.336 e. The second-order valence-electron chi connectivity index (χ2n) is 4.96. The quantitative estimate of drug-likeness (QED) is 0.615. The summed E-state index contributed by atoms with van der Waals surface area (Å²) in [6.45, 7) is 11.1. The van der Waals surface area contributed by atoms with E-state index in [1.165, 1.54) is 0 Å². The van der Waals surface area contributed by atoms with Crippen LogP contribution in [0.2, 0.25) is 0 Å². The second-order valence-corrected chi connectivity index (χ2v) is 4.96. The minimum Gasteiger partial charge on any atom is -0.478 e. The standard InChI is InChI=1S/C17H20O4/c1-5-16(18)21-12(3)10-11(2)13(4)14-8-6-7-9-15(14)17(19)20/h5-9,11-12H,1,4,10H2,2-3H3,(H,19,20). The first-order chi connectivity index (χ1) is 9.86. The van der Waals surface area contributed by atoms with Gasteiger partial charge in [0.25, 0.3) is 0 Å². The van der Waals surface area contributed by atoms with Crippen LogP contribution in [-0.2, 0) is 9.53 Å². The molecule has 0 aliphatic rings. The van der Waals surface area contributed by atoms with E-state index < -0.39 is 11.9 Å². The first-order valence-electron chi connectivity index (χ1n) is 6.71. The number of hydrogen-bond donors (Lipinski definition) is 1. The summed E-state index contributed by atoms with van der Waals surface area (Å²) in [5, 5.41) is 9.21. The van der Waals surface area contributed by atoms with Gasteiger partial charge in [0.2, 0.25) is 0 Å². The van der Waals surface area contributed by atoms with Crippen molar-refractivity contribution >= 4 is 17.5 Å². The summed E-state index contributed by atoms with van der Waals surface area (Å²) in [6, 6.07) is 6.75. The molecule has 0 aliphatic heterocycles. The largest absolute Gasteiger partial charge is 0.478 e. The molecule has 0 saturated carbocycles. The van der Waals surface area contributed by atoms with Crippen molar-refractivity contribution in [2.75, 3.05) is 0 Å². The van der Waals surface area contributed by atoms with Crippen LogP contribution in [0.4, 0.5) is 0 Å². The smallest absolute Gasteiger partial charge is 0.336 e. The molecule has 1 aromatic rings. The van der Waals surface area contributed by atoms with E-state index in [4.69, 9.17) is 4.74 Å². The Balaban J connectivity index is 2.81. The van der Waals surface area contributed by atoms with E-state index in [9.17, 15) is 14.7 Å². The summed E-state index contributed by atoms with van der Waals surface area (Å²) >= 11 is 0. The number of esters is 1. The highest BCUT2D eigenvalue weighted by molar-refractivity contribution is 5.94. The maximum absolute atomic E-state index is 11.2. The Morgan fingerprint density at radius 1 is 1.29 bits per heavy atom. The Hall–Kier alpha value is -2.36. The van der Waals surface area contributed by atoms with Gasteiger partial charge in [-0.3, -0.25) is 0 Å². The highest BCUT2D eigenvalue weighted by Gasteiger charge is 2.19. The molecule has 112 valence electrons. The van der Waals surface area contributed by atoms with Crippen LogP contribution in [0, 0.1) is 5.92 Å². The van der Waals surface area contributed by atoms with E-state index in [1.54, 1.807) is 31.2 Å². The highest BCUT2D eigenvalue weighted by Crippen LogP contribution is 2.28. The van der Waals surface area contributed by atoms with E-state index in [0.717, 1.165) is 11.6 Å². The number of carboxylic acid groups (broad SMARTS) is 1. The number of rotatable bonds is 7. The molecule has 0 spiro atoms. The number of ether oxygens (including phenoxy) is 1. The van der Waals surface area contributed by atoms with Gasteiger partial charge in [-0.2, -0.15) is 0 Å². The van der Waals surface area contributed by atoms with Gasteiger partial charge >= 0.3 is 11.9 Å². The average Bonchev–Trinajstić information content (AvgIpc) is 2.45. The molecule has 0 bridgehead atoms. The van der Waals surface area contributed by atoms with Crippen molar-refractivity contribution in [2.24, 2.45) is 5.92 Å². The number of carbonyl (C=O) groups excluding carboxylic acids is 1. The number of carbonyl (C=O) groups is 2.